The third-order valence-corrected chi connectivity index (χ3v) is 5.51. The first-order valence-corrected chi connectivity index (χ1v) is 14.7. The van der Waals surface area contributed by atoms with Crippen molar-refractivity contribution in [3.63, 3.8) is 0 Å². The van der Waals surface area contributed by atoms with Gasteiger partial charge in [0.1, 0.15) is 0 Å². The topological polar surface area (TPSA) is 266 Å². The molecule has 0 aliphatic carbocycles. The molecule has 0 bridgehead atoms. The number of nitrogens with zero attached hydrogens (tertiary/aromatic N) is 6. The van der Waals surface area contributed by atoms with E-state index in [-0.39, 0.29) is 45.6 Å². The molecule has 0 unspecified atom stereocenters. The van der Waals surface area contributed by atoms with Crippen molar-refractivity contribution in [2.24, 2.45) is 9.98 Å². The van der Waals surface area contributed by atoms with Crippen LogP contribution in [0.1, 0.15) is 38.8 Å². The molecule has 282 valence electrons. The van der Waals surface area contributed by atoms with E-state index in [1.54, 1.807) is 86.0 Å². The van der Waals surface area contributed by atoms with E-state index < -0.39 is 23.0 Å². The fourth-order valence-electron chi connectivity index (χ4n) is 2.60. The Hall–Kier alpha value is -5.80. The number of H-pyrrole nitrogens is 4. The van der Waals surface area contributed by atoms with E-state index in [9.17, 15) is 30.0 Å². The second kappa shape index (κ2) is 28.0. The average molecular weight is 810 g/mol. The van der Waals surface area contributed by atoms with Crippen molar-refractivity contribution in [2.75, 3.05) is 0 Å². The van der Waals surface area contributed by atoms with Gasteiger partial charge >= 0.3 is 34.1 Å². The van der Waals surface area contributed by atoms with Crippen LogP contribution in [0.25, 0.3) is 0 Å². The molecule has 0 spiro atoms. The molecule has 0 fully saturated rings. The van der Waals surface area contributed by atoms with E-state index in [0.717, 1.165) is 0 Å². The fourth-order valence-corrected chi connectivity index (χ4v) is 2.60. The Bertz CT molecular complexity index is 1500. The number of carbonyl (C=O) groups excluding carboxylic acids is 2. The number of hydrogen-bond donors (Lipinski definition) is 4. The predicted molar refractivity (Wildman–Crippen MR) is 179 cm³/mol. The summed E-state index contributed by atoms with van der Waals surface area (Å²) in [7, 11) is 0. The van der Waals surface area contributed by atoms with Gasteiger partial charge in [0.25, 0.3) is 0 Å². The number of aliphatic carboxylic acids is 2. The molecule has 6 rings (SSSR count). The van der Waals surface area contributed by atoms with Crippen LogP contribution in [0, 0.1) is 0 Å². The van der Waals surface area contributed by atoms with Gasteiger partial charge < -0.3 is 30.0 Å². The molecule has 6 aromatic rings. The van der Waals surface area contributed by atoms with E-state index in [1.807, 2.05) is 24.3 Å². The predicted octanol–water partition coefficient (Wildman–Crippen LogP) is 1.05. The number of aromatic nitrogens is 8. The van der Waals surface area contributed by atoms with Crippen LogP contribution in [0.2, 0.25) is 0 Å². The van der Waals surface area contributed by atoms with Crippen LogP contribution >= 0.6 is 0 Å². The van der Waals surface area contributed by atoms with Crippen molar-refractivity contribution < 1.29 is 64.2 Å². The number of nitrogens with one attached hydrogen (secondary N) is 4. The summed E-state index contributed by atoms with van der Waals surface area (Å²) >= 11 is 0. The van der Waals surface area contributed by atoms with Gasteiger partial charge in [-0.3, -0.25) is 30.4 Å². The summed E-state index contributed by atoms with van der Waals surface area (Å²) in [5.74, 6) is -2.92. The quantitative estimate of drug-likeness (QED) is 0.137. The summed E-state index contributed by atoms with van der Waals surface area (Å²) in [5.41, 5.74) is -1.90. The van der Waals surface area contributed by atoms with Gasteiger partial charge in [0.05, 0.1) is 23.0 Å². The Balaban J connectivity index is 0. The number of benzene rings is 2. The van der Waals surface area contributed by atoms with Gasteiger partial charge in [-0.25, -0.2) is 0 Å². The van der Waals surface area contributed by atoms with E-state index >= 15 is 0 Å². The molecule has 4 heterocycles. The van der Waals surface area contributed by atoms with Crippen LogP contribution in [0.3, 0.4) is 0 Å². The second-order valence-electron chi connectivity index (χ2n) is 10.4. The second-order valence-corrected chi connectivity index (χ2v) is 10.4. The Morgan fingerprint density at radius 1 is 0.538 bits per heavy atom. The number of carboxylic acids is 2. The van der Waals surface area contributed by atoms with Crippen molar-refractivity contribution in [3.8, 4) is 11.5 Å². The van der Waals surface area contributed by atoms with Crippen molar-refractivity contribution in [2.45, 2.75) is 38.8 Å². The molecular formula is C34H38Cu2N10O6. The maximum Gasteiger partial charge on any atom is 2.00 e. The minimum absolute atomic E-state index is 0. The first-order valence-electron chi connectivity index (χ1n) is 14.7. The largest absolute Gasteiger partial charge is 2.00 e. The normalized spacial score (nSPS) is 9.92. The van der Waals surface area contributed by atoms with Crippen LogP contribution in [0.5, 0.6) is 11.5 Å². The van der Waals surface area contributed by atoms with Gasteiger partial charge in [0.2, 0.25) is 0 Å². The van der Waals surface area contributed by atoms with Gasteiger partial charge in [-0.2, -0.15) is 20.4 Å². The van der Waals surface area contributed by atoms with Crippen molar-refractivity contribution >= 4 is 24.4 Å². The Morgan fingerprint density at radius 3 is 0.981 bits per heavy atom. The minimum Gasteiger partial charge on any atom is -0.872 e. The molecule has 0 saturated carbocycles. The van der Waals surface area contributed by atoms with Crippen LogP contribution in [-0.2, 0) is 43.7 Å². The molecule has 52 heavy (non-hydrogen) atoms. The zero-order valence-corrected chi connectivity index (χ0v) is 30.3. The van der Waals surface area contributed by atoms with E-state index in [2.05, 4.69) is 50.8 Å². The number of hydrogen-bond acceptors (Lipinski definition) is 12. The molecule has 0 aliphatic rings. The number of aromatic amines is 4. The summed E-state index contributed by atoms with van der Waals surface area (Å²) in [6, 6.07) is 19.9. The number of aliphatic imine (C=N–C) groups is 2. The summed E-state index contributed by atoms with van der Waals surface area (Å²) in [6.45, 7) is 5.64. The molecule has 0 amide bonds. The standard InChI is InChI=1S/2C11H13NO3.4C3H4N2.2Cu/c2*1-11(2,10(14)15)12-7-8-5-3-4-6-9(8)13;4*1-2-4-5-3-1;;/h2*3-7,13H,1-2H3,(H,14,15);4*1-3H,(H,4,5);;/q;;;;;;2*+2/p-4. The first kappa shape index (κ1) is 48.3. The summed E-state index contributed by atoms with van der Waals surface area (Å²) in [4.78, 5) is 28.8. The van der Waals surface area contributed by atoms with E-state index in [4.69, 9.17) is 0 Å². The van der Waals surface area contributed by atoms with Gasteiger partial charge in [-0.1, -0.05) is 48.5 Å². The van der Waals surface area contributed by atoms with Gasteiger partial charge in [-0.15, -0.1) is 11.5 Å². The number of rotatable bonds is 6. The Morgan fingerprint density at radius 2 is 0.808 bits per heavy atom. The van der Waals surface area contributed by atoms with E-state index in [1.165, 1.54) is 52.3 Å². The summed E-state index contributed by atoms with van der Waals surface area (Å²) in [5, 5.41) is 68.6. The summed E-state index contributed by atoms with van der Waals surface area (Å²) in [6.07, 6.45) is 16.4. The van der Waals surface area contributed by atoms with Crippen LogP contribution < -0.4 is 20.4 Å². The van der Waals surface area contributed by atoms with Crippen LogP contribution in [0.4, 0.5) is 0 Å². The SMILES string of the molecule is CC(C)(N=Cc1ccccc1[O-])C(=O)[O-].CC(C)(N=Cc1ccccc1[O-])C(=O)[O-].[Cu+2].[Cu+2].c1cn[nH]c1.c1cn[nH]c1.c1cn[nH]c1.c1cn[nH]c1. The van der Waals surface area contributed by atoms with Crippen LogP contribution in [0.15, 0.2) is 132 Å². The van der Waals surface area contributed by atoms with Gasteiger partial charge in [-0.05, 0) is 63.1 Å². The van der Waals surface area contributed by atoms with E-state index in [0.29, 0.717) is 11.1 Å². The molecule has 2 radical (unpaired) electrons. The third-order valence-electron chi connectivity index (χ3n) is 5.51. The minimum atomic E-state index is -1.32. The number of para-hydroxylation sites is 2. The molecule has 4 aromatic heterocycles. The monoisotopic (exact) mass is 808 g/mol. The average Bonchev–Trinajstić information content (AvgIpc) is 3.95. The van der Waals surface area contributed by atoms with Crippen LogP contribution in [-0.4, -0.2) is 76.2 Å². The molecule has 2 aromatic carbocycles. The smallest absolute Gasteiger partial charge is 0.872 e. The number of carboxylic acid groups (broad SMARTS) is 2. The zero-order chi connectivity index (χ0) is 37.1. The fraction of sp³-hybridized carbons (Fsp3) is 0.176. The zero-order valence-electron chi connectivity index (χ0n) is 28.4. The Labute approximate surface area is 321 Å². The Kier molecular flexibility index (Phi) is 26.0. The van der Waals surface area contributed by atoms with Gasteiger partial charge in [0.15, 0.2) is 0 Å². The number of carbonyl (C=O) groups is 2. The van der Waals surface area contributed by atoms with Crippen molar-refractivity contribution in [3.05, 3.63) is 133 Å². The first-order chi connectivity index (χ1) is 23.9. The molecular weight excluding hydrogens is 772 g/mol. The molecule has 0 atom stereocenters. The molecule has 16 nitrogen and oxygen atoms in total. The summed E-state index contributed by atoms with van der Waals surface area (Å²) < 4.78 is 0. The third kappa shape index (κ3) is 22.8. The maximum absolute atomic E-state index is 11.3. The molecule has 18 heteroatoms. The molecule has 0 aliphatic heterocycles. The molecule has 4 N–H and O–H groups in total. The maximum atomic E-state index is 11.3. The van der Waals surface area contributed by atoms with Crippen molar-refractivity contribution in [1.82, 2.24) is 40.8 Å². The van der Waals surface area contributed by atoms with Crippen molar-refractivity contribution in [1.29, 1.82) is 0 Å². The molecule has 0 saturated heterocycles. The van der Waals surface area contributed by atoms with Gasteiger partial charge in [0, 0.05) is 62.0 Å².